The fourth-order valence-electron chi connectivity index (χ4n) is 3.30. The molecule has 9 heteroatoms. The molecule has 1 saturated heterocycles. The highest BCUT2D eigenvalue weighted by Crippen LogP contribution is 2.26. The second-order valence-electron chi connectivity index (χ2n) is 6.87. The number of anilines is 1. The molecule has 0 bridgehead atoms. The summed E-state index contributed by atoms with van der Waals surface area (Å²) >= 11 is 0. The molecule has 0 radical (unpaired) electrons. The summed E-state index contributed by atoms with van der Waals surface area (Å²) in [6, 6.07) is 7.84. The van der Waals surface area contributed by atoms with E-state index in [1.807, 2.05) is 6.92 Å². The zero-order chi connectivity index (χ0) is 20.4. The summed E-state index contributed by atoms with van der Waals surface area (Å²) < 4.78 is 25.4. The summed E-state index contributed by atoms with van der Waals surface area (Å²) in [6.07, 6.45) is 0. The molecule has 1 aromatic carbocycles. The van der Waals surface area contributed by atoms with Crippen molar-refractivity contribution in [2.24, 2.45) is 7.05 Å². The number of amides is 1. The van der Waals surface area contributed by atoms with Crippen LogP contribution in [0.1, 0.15) is 21.8 Å². The molecule has 29 heavy (non-hydrogen) atoms. The molecule has 4 rings (SSSR count). The third kappa shape index (κ3) is 4.00. The number of carbonyl (C=O) groups is 1. The first-order valence-corrected chi connectivity index (χ1v) is 9.39. The third-order valence-electron chi connectivity index (χ3n) is 4.95. The van der Waals surface area contributed by atoms with Crippen LogP contribution in [0, 0.1) is 12.7 Å². The predicted octanol–water partition coefficient (Wildman–Crippen LogP) is 2.61. The highest BCUT2D eigenvalue weighted by atomic mass is 19.1. The molecule has 1 N–H and O–H groups in total. The Labute approximate surface area is 167 Å². The fraction of sp³-hybridized carbons (Fsp3) is 0.350. The quantitative estimate of drug-likeness (QED) is 0.710. The first-order valence-electron chi connectivity index (χ1n) is 9.39. The van der Waals surface area contributed by atoms with E-state index in [4.69, 9.17) is 9.26 Å². The van der Waals surface area contributed by atoms with Gasteiger partial charge in [0, 0.05) is 43.9 Å². The number of morpholine rings is 1. The summed E-state index contributed by atoms with van der Waals surface area (Å²) in [4.78, 5) is 14.5. The predicted molar refractivity (Wildman–Crippen MR) is 104 cm³/mol. The van der Waals surface area contributed by atoms with E-state index in [-0.39, 0.29) is 11.7 Å². The number of hydrogen-bond acceptors (Lipinski definition) is 6. The van der Waals surface area contributed by atoms with Crippen molar-refractivity contribution in [2.45, 2.75) is 13.5 Å². The van der Waals surface area contributed by atoms with Gasteiger partial charge < -0.3 is 19.5 Å². The molecule has 3 heterocycles. The molecule has 3 aromatic rings. The van der Waals surface area contributed by atoms with Crippen LogP contribution in [0.5, 0.6) is 0 Å². The van der Waals surface area contributed by atoms with E-state index in [0.717, 1.165) is 11.1 Å². The Balaban J connectivity index is 1.49. The average Bonchev–Trinajstić information content (AvgIpc) is 3.29. The smallest absolute Gasteiger partial charge is 0.272 e. The summed E-state index contributed by atoms with van der Waals surface area (Å²) in [6.45, 7) is 4.48. The van der Waals surface area contributed by atoms with Crippen molar-refractivity contribution in [3.8, 4) is 11.3 Å². The van der Waals surface area contributed by atoms with Crippen molar-refractivity contribution in [3.05, 3.63) is 53.2 Å². The Bertz CT molecular complexity index is 1010. The topological polar surface area (TPSA) is 85.4 Å². The zero-order valence-electron chi connectivity index (χ0n) is 16.3. The number of halogens is 1. The van der Waals surface area contributed by atoms with Crippen LogP contribution in [0.3, 0.4) is 0 Å². The van der Waals surface area contributed by atoms with Crippen molar-refractivity contribution < 1.29 is 18.4 Å². The van der Waals surface area contributed by atoms with E-state index in [2.05, 4.69) is 15.6 Å². The van der Waals surface area contributed by atoms with Crippen molar-refractivity contribution in [1.29, 1.82) is 0 Å². The van der Waals surface area contributed by atoms with E-state index >= 15 is 0 Å². The van der Waals surface area contributed by atoms with Crippen LogP contribution >= 0.6 is 0 Å². The van der Waals surface area contributed by atoms with Gasteiger partial charge in [-0.25, -0.2) is 4.39 Å². The summed E-state index contributed by atoms with van der Waals surface area (Å²) in [5, 5.41) is 11.7. The summed E-state index contributed by atoms with van der Waals surface area (Å²) in [5.74, 6) is 0.872. The van der Waals surface area contributed by atoms with Gasteiger partial charge in [-0.3, -0.25) is 9.48 Å². The number of carbonyl (C=O) groups excluding carboxylic acids is 1. The monoisotopic (exact) mass is 399 g/mol. The molecule has 1 aliphatic rings. The number of aryl methyl sites for hydroxylation is 2. The second-order valence-corrected chi connectivity index (χ2v) is 6.87. The lowest BCUT2D eigenvalue weighted by atomic mass is 10.1. The highest BCUT2D eigenvalue weighted by molar-refractivity contribution is 5.93. The van der Waals surface area contributed by atoms with E-state index < -0.39 is 0 Å². The minimum Gasteiger partial charge on any atom is -0.378 e. The lowest BCUT2D eigenvalue weighted by molar-refractivity contribution is 0.0295. The first-order chi connectivity index (χ1) is 14.0. The molecule has 0 unspecified atom stereocenters. The highest BCUT2D eigenvalue weighted by Gasteiger charge is 2.22. The van der Waals surface area contributed by atoms with Crippen molar-refractivity contribution >= 4 is 11.7 Å². The zero-order valence-corrected chi connectivity index (χ0v) is 16.3. The van der Waals surface area contributed by atoms with Gasteiger partial charge in [0.25, 0.3) is 5.91 Å². The maximum atomic E-state index is 13.2. The van der Waals surface area contributed by atoms with Crippen molar-refractivity contribution in [2.75, 3.05) is 31.6 Å². The Kier molecular flexibility index (Phi) is 5.30. The number of hydrogen-bond donors (Lipinski definition) is 1. The number of aromatic nitrogens is 3. The number of nitrogens with zero attached hydrogens (tertiary/aromatic N) is 4. The molecule has 0 spiro atoms. The second kappa shape index (κ2) is 8.04. The van der Waals surface area contributed by atoms with Gasteiger partial charge in [0.15, 0.2) is 0 Å². The minimum atomic E-state index is -0.306. The van der Waals surface area contributed by atoms with Crippen molar-refractivity contribution in [3.63, 3.8) is 0 Å². The lowest BCUT2D eigenvalue weighted by Gasteiger charge is -2.26. The van der Waals surface area contributed by atoms with Crippen LogP contribution in [0.2, 0.25) is 0 Å². The molecular weight excluding hydrogens is 377 g/mol. The normalized spacial score (nSPS) is 14.2. The number of rotatable bonds is 5. The average molecular weight is 399 g/mol. The Morgan fingerprint density at radius 3 is 2.69 bits per heavy atom. The van der Waals surface area contributed by atoms with Gasteiger partial charge in [0.05, 0.1) is 13.2 Å². The summed E-state index contributed by atoms with van der Waals surface area (Å²) in [5.41, 5.74) is 2.78. The molecule has 1 aliphatic heterocycles. The lowest BCUT2D eigenvalue weighted by Crippen LogP contribution is -2.41. The van der Waals surface area contributed by atoms with Gasteiger partial charge in [0.2, 0.25) is 0 Å². The molecule has 1 amide bonds. The van der Waals surface area contributed by atoms with Crippen LogP contribution in [0.4, 0.5) is 10.2 Å². The molecule has 0 atom stereocenters. The van der Waals surface area contributed by atoms with Crippen LogP contribution in [-0.4, -0.2) is 52.0 Å². The molecule has 0 aliphatic carbocycles. The van der Waals surface area contributed by atoms with Gasteiger partial charge in [-0.15, -0.1) is 0 Å². The van der Waals surface area contributed by atoms with Gasteiger partial charge in [-0.05, 0) is 31.2 Å². The van der Waals surface area contributed by atoms with Gasteiger partial charge in [0.1, 0.15) is 28.8 Å². The van der Waals surface area contributed by atoms with Crippen LogP contribution in [0.15, 0.2) is 34.9 Å². The summed E-state index contributed by atoms with van der Waals surface area (Å²) in [7, 11) is 1.74. The molecule has 2 aromatic heterocycles. The largest absolute Gasteiger partial charge is 0.378 e. The SMILES string of the molecule is Cc1onc(-c2ccc(F)cc2)c1CNc1cc(C(=O)N2CCOCC2)n(C)n1. The fourth-order valence-corrected chi connectivity index (χ4v) is 3.30. The van der Waals surface area contributed by atoms with Gasteiger partial charge in [-0.2, -0.15) is 5.10 Å². The Hall–Kier alpha value is -3.20. The van der Waals surface area contributed by atoms with Crippen LogP contribution < -0.4 is 5.32 Å². The van der Waals surface area contributed by atoms with Gasteiger partial charge in [-0.1, -0.05) is 5.16 Å². The molecule has 0 saturated carbocycles. The third-order valence-corrected chi connectivity index (χ3v) is 4.95. The molecule has 1 fully saturated rings. The molecular formula is C20H22FN5O3. The van der Waals surface area contributed by atoms with E-state index in [9.17, 15) is 9.18 Å². The van der Waals surface area contributed by atoms with Crippen molar-refractivity contribution in [1.82, 2.24) is 19.8 Å². The first kappa shape index (κ1) is 19.1. The van der Waals surface area contributed by atoms with Crippen LogP contribution in [-0.2, 0) is 18.3 Å². The maximum Gasteiger partial charge on any atom is 0.272 e. The van der Waals surface area contributed by atoms with E-state index in [0.29, 0.717) is 55.8 Å². The maximum absolute atomic E-state index is 13.2. The van der Waals surface area contributed by atoms with E-state index in [1.54, 1.807) is 34.8 Å². The molecule has 8 nitrogen and oxygen atoms in total. The van der Waals surface area contributed by atoms with Gasteiger partial charge >= 0.3 is 0 Å². The standard InChI is InChI=1S/C20H22FN5O3/c1-13-16(19(24-29-13)14-3-5-15(21)6-4-14)12-22-18-11-17(25(2)23-18)20(27)26-7-9-28-10-8-26/h3-6,11H,7-10,12H2,1-2H3,(H,22,23). The van der Waals surface area contributed by atoms with Crippen LogP contribution in [0.25, 0.3) is 11.3 Å². The Morgan fingerprint density at radius 1 is 1.24 bits per heavy atom. The number of benzene rings is 1. The minimum absolute atomic E-state index is 0.0653. The van der Waals surface area contributed by atoms with E-state index in [1.165, 1.54) is 12.1 Å². The number of ether oxygens (including phenoxy) is 1. The number of nitrogens with one attached hydrogen (secondary N) is 1. The Morgan fingerprint density at radius 2 is 1.97 bits per heavy atom. The molecule has 152 valence electrons.